The minimum Gasteiger partial charge on any atom is -0.492 e. The van der Waals surface area contributed by atoms with Crippen molar-refractivity contribution in [3.8, 4) is 17.5 Å². The van der Waals surface area contributed by atoms with Crippen LogP contribution in [0.5, 0.6) is 5.88 Å². The summed E-state index contributed by atoms with van der Waals surface area (Å²) in [6.07, 6.45) is 2.93. The van der Waals surface area contributed by atoms with Gasteiger partial charge in [0.25, 0.3) is 0 Å². The van der Waals surface area contributed by atoms with E-state index in [0.717, 1.165) is 5.56 Å². The van der Waals surface area contributed by atoms with E-state index in [1.54, 1.807) is 18.4 Å². The number of likely N-dealkylation sites (tertiary alicyclic amines) is 1. The van der Waals surface area contributed by atoms with Gasteiger partial charge in [-0.05, 0) is 56.6 Å². The summed E-state index contributed by atoms with van der Waals surface area (Å²) in [5, 5.41) is 16.2. The Labute approximate surface area is 199 Å². The van der Waals surface area contributed by atoms with E-state index < -0.39 is 0 Å². The molecule has 4 heterocycles. The lowest BCUT2D eigenvalue weighted by Gasteiger charge is -2.36. The molecule has 1 saturated heterocycles. The molecule has 8 nitrogen and oxygen atoms in total. The van der Waals surface area contributed by atoms with Gasteiger partial charge in [-0.3, -0.25) is 9.69 Å². The number of esters is 1. The number of aromatic nitrogens is 3. The highest BCUT2D eigenvalue weighted by Crippen LogP contribution is 2.43. The molecule has 0 spiro atoms. The van der Waals surface area contributed by atoms with Crippen LogP contribution in [0.1, 0.15) is 36.2 Å². The van der Waals surface area contributed by atoms with Gasteiger partial charge >= 0.3 is 5.97 Å². The number of ether oxygens (including phenoxy) is 1. The second kappa shape index (κ2) is 9.17. The topological polar surface area (TPSA) is 93.1 Å². The number of fused-ring (bicyclic) bond motifs is 1. The molecule has 1 aromatic carbocycles. The Morgan fingerprint density at radius 2 is 2.09 bits per heavy atom. The number of halogens is 1. The first kappa shape index (κ1) is 21.9. The maximum Gasteiger partial charge on any atom is 0.309 e. The Morgan fingerprint density at radius 3 is 2.76 bits per heavy atom. The predicted octanol–water partition coefficient (Wildman–Crippen LogP) is 4.77. The smallest absolute Gasteiger partial charge is 0.309 e. The van der Waals surface area contributed by atoms with Crippen molar-refractivity contribution in [1.82, 2.24) is 19.5 Å². The number of nitrogens with zero attached hydrogens (tertiary/aromatic N) is 4. The lowest BCUT2D eigenvalue weighted by Crippen LogP contribution is -2.39. The minimum absolute atomic E-state index is 0.0257. The fourth-order valence-corrected chi connectivity index (χ4v) is 5.64. The number of hydrogen-bond donors (Lipinski definition) is 1. The van der Waals surface area contributed by atoms with Gasteiger partial charge < -0.3 is 14.3 Å². The third-order valence-electron chi connectivity index (χ3n) is 5.90. The van der Waals surface area contributed by atoms with Crippen LogP contribution in [0, 0.1) is 5.92 Å². The molecule has 0 unspecified atom stereocenters. The van der Waals surface area contributed by atoms with Gasteiger partial charge in [0.05, 0.1) is 29.7 Å². The lowest BCUT2D eigenvalue weighted by molar-refractivity contribution is -0.149. The van der Waals surface area contributed by atoms with E-state index in [1.165, 1.54) is 15.9 Å². The van der Waals surface area contributed by atoms with Gasteiger partial charge in [-0.15, -0.1) is 5.10 Å². The lowest BCUT2D eigenvalue weighted by atomic mass is 9.93. The number of aromatic hydroxyl groups is 1. The average molecular weight is 487 g/mol. The van der Waals surface area contributed by atoms with Crippen LogP contribution in [0.15, 0.2) is 47.1 Å². The Hall–Kier alpha value is -2.88. The van der Waals surface area contributed by atoms with Crippen LogP contribution < -0.4 is 0 Å². The van der Waals surface area contributed by atoms with Gasteiger partial charge in [0.15, 0.2) is 5.76 Å². The second-order valence-corrected chi connectivity index (χ2v) is 9.30. The minimum atomic E-state index is -0.289. The Balaban J connectivity index is 1.50. The zero-order chi connectivity index (χ0) is 22.9. The largest absolute Gasteiger partial charge is 0.492 e. The summed E-state index contributed by atoms with van der Waals surface area (Å²) in [4.78, 5) is 20.3. The first-order valence-electron chi connectivity index (χ1n) is 10.8. The molecule has 0 aliphatic carbocycles. The SMILES string of the molecule is CCOC(=O)C1CCN([C@@H](c2ccccc2Cl)c2sc3nc(-c4ccco4)nn3c2O)CC1. The van der Waals surface area contributed by atoms with Crippen LogP contribution in [0.2, 0.25) is 5.02 Å². The van der Waals surface area contributed by atoms with E-state index >= 15 is 0 Å². The summed E-state index contributed by atoms with van der Waals surface area (Å²) in [6.45, 7) is 3.55. The number of carbonyl (C=O) groups is 1. The Bertz CT molecular complexity index is 1260. The van der Waals surface area contributed by atoms with Gasteiger partial charge in [0.2, 0.25) is 16.7 Å². The molecule has 0 saturated carbocycles. The average Bonchev–Trinajstić information content (AvgIpc) is 3.55. The van der Waals surface area contributed by atoms with Crippen molar-refractivity contribution in [2.24, 2.45) is 5.92 Å². The summed E-state index contributed by atoms with van der Waals surface area (Å²) in [5.41, 5.74) is 0.889. The summed E-state index contributed by atoms with van der Waals surface area (Å²) < 4.78 is 12.0. The molecule has 1 aliphatic rings. The summed E-state index contributed by atoms with van der Waals surface area (Å²) in [5.74, 6) is 0.726. The highest BCUT2D eigenvalue weighted by Gasteiger charge is 2.35. The molecule has 4 aromatic rings. The first-order chi connectivity index (χ1) is 16.1. The number of benzene rings is 1. The van der Waals surface area contributed by atoms with Gasteiger partial charge in [-0.25, -0.2) is 0 Å². The number of thiazole rings is 1. The number of rotatable bonds is 6. The van der Waals surface area contributed by atoms with Crippen LogP contribution in [0.4, 0.5) is 0 Å². The van der Waals surface area contributed by atoms with E-state index in [4.69, 9.17) is 20.8 Å². The normalized spacial score (nSPS) is 16.3. The first-order valence-corrected chi connectivity index (χ1v) is 12.0. The molecule has 33 heavy (non-hydrogen) atoms. The van der Waals surface area contributed by atoms with E-state index in [0.29, 0.717) is 59.0 Å². The molecule has 1 atom stereocenters. The van der Waals surface area contributed by atoms with Gasteiger partial charge in [0, 0.05) is 5.02 Å². The Morgan fingerprint density at radius 1 is 1.30 bits per heavy atom. The number of carbonyl (C=O) groups excluding carboxylic acids is 1. The number of furan rings is 1. The zero-order valence-corrected chi connectivity index (χ0v) is 19.6. The third kappa shape index (κ3) is 4.12. The quantitative estimate of drug-likeness (QED) is 0.392. The van der Waals surface area contributed by atoms with Gasteiger partial charge in [-0.2, -0.15) is 9.50 Å². The molecule has 10 heteroatoms. The highest BCUT2D eigenvalue weighted by atomic mass is 35.5. The van der Waals surface area contributed by atoms with Gasteiger partial charge in [0.1, 0.15) is 0 Å². The molecule has 1 aliphatic heterocycles. The number of piperidine rings is 1. The van der Waals surface area contributed by atoms with Crippen LogP contribution in [-0.4, -0.2) is 50.3 Å². The molecule has 1 N–H and O–H groups in total. The van der Waals surface area contributed by atoms with E-state index in [9.17, 15) is 9.90 Å². The van der Waals surface area contributed by atoms with Crippen molar-refractivity contribution in [2.45, 2.75) is 25.8 Å². The molecule has 3 aromatic heterocycles. The second-order valence-electron chi connectivity index (χ2n) is 7.88. The zero-order valence-electron chi connectivity index (χ0n) is 18.0. The van der Waals surface area contributed by atoms with E-state index in [-0.39, 0.29) is 23.8 Å². The molecular weight excluding hydrogens is 464 g/mol. The molecule has 1 fully saturated rings. The van der Waals surface area contributed by atoms with Crippen LogP contribution in [0.3, 0.4) is 0 Å². The maximum absolute atomic E-state index is 12.2. The molecule has 0 radical (unpaired) electrons. The number of hydrogen-bond acceptors (Lipinski definition) is 8. The fourth-order valence-electron chi connectivity index (χ4n) is 4.29. The summed E-state index contributed by atoms with van der Waals surface area (Å²) in [6, 6.07) is 10.9. The molecule has 0 bridgehead atoms. The van der Waals surface area contributed by atoms with E-state index in [2.05, 4.69) is 15.0 Å². The van der Waals surface area contributed by atoms with Crippen LogP contribution >= 0.6 is 22.9 Å². The van der Waals surface area contributed by atoms with Crippen molar-refractivity contribution in [3.63, 3.8) is 0 Å². The Kier molecular flexibility index (Phi) is 6.09. The fraction of sp³-hybridized carbons (Fsp3) is 0.348. The highest BCUT2D eigenvalue weighted by molar-refractivity contribution is 7.17. The van der Waals surface area contributed by atoms with Crippen molar-refractivity contribution in [1.29, 1.82) is 0 Å². The van der Waals surface area contributed by atoms with Crippen molar-refractivity contribution >= 4 is 33.9 Å². The molecule has 0 amide bonds. The van der Waals surface area contributed by atoms with Crippen molar-refractivity contribution in [2.75, 3.05) is 19.7 Å². The van der Waals surface area contributed by atoms with Crippen molar-refractivity contribution in [3.05, 3.63) is 58.1 Å². The van der Waals surface area contributed by atoms with Crippen molar-refractivity contribution < 1.29 is 19.1 Å². The van der Waals surface area contributed by atoms with E-state index in [1.807, 2.05) is 31.2 Å². The van der Waals surface area contributed by atoms with Crippen LogP contribution in [0.25, 0.3) is 16.5 Å². The predicted molar refractivity (Wildman–Crippen MR) is 124 cm³/mol. The van der Waals surface area contributed by atoms with Crippen LogP contribution in [-0.2, 0) is 9.53 Å². The van der Waals surface area contributed by atoms with Gasteiger partial charge in [-0.1, -0.05) is 41.1 Å². The maximum atomic E-state index is 12.2. The molecule has 172 valence electrons. The third-order valence-corrected chi connectivity index (χ3v) is 7.32. The standard InChI is InChI=1S/C23H23ClN4O4S/c1-2-31-22(30)14-9-11-27(12-10-14)18(15-6-3-4-7-16(15)24)19-21(29)28-23(33-19)25-20(26-28)17-8-5-13-32-17/h3-8,13-14,18,29H,2,9-12H2,1H3/t18-/m0/s1. The summed E-state index contributed by atoms with van der Waals surface area (Å²) >= 11 is 7.97. The summed E-state index contributed by atoms with van der Waals surface area (Å²) in [7, 11) is 0. The molecular formula is C23H23ClN4O4S. The monoisotopic (exact) mass is 486 g/mol. The molecule has 5 rings (SSSR count).